The Labute approximate surface area is 133 Å². The summed E-state index contributed by atoms with van der Waals surface area (Å²) >= 11 is 3.28. The molecule has 20 heavy (non-hydrogen) atoms. The van der Waals surface area contributed by atoms with Crippen molar-refractivity contribution in [2.24, 2.45) is 0 Å². The van der Waals surface area contributed by atoms with Gasteiger partial charge in [0, 0.05) is 23.2 Å². The highest BCUT2D eigenvalue weighted by atomic mass is 79.9. The van der Waals surface area contributed by atoms with Crippen LogP contribution in [0.3, 0.4) is 0 Å². The van der Waals surface area contributed by atoms with Gasteiger partial charge in [0.05, 0.1) is 12.1 Å². The highest BCUT2D eigenvalue weighted by Crippen LogP contribution is 2.19. The van der Waals surface area contributed by atoms with Crippen LogP contribution in [0.15, 0.2) is 22.7 Å². The molecule has 0 heterocycles. The summed E-state index contributed by atoms with van der Waals surface area (Å²) in [4.78, 5) is 25.1. The van der Waals surface area contributed by atoms with Gasteiger partial charge in [-0.05, 0) is 32.0 Å². The van der Waals surface area contributed by atoms with Crippen LogP contribution in [0, 0.1) is 0 Å². The fourth-order valence-electron chi connectivity index (χ4n) is 1.59. The number of nitrogen functional groups attached to an aromatic ring is 1. The molecule has 0 fully saturated rings. The van der Waals surface area contributed by atoms with Gasteiger partial charge in [0.1, 0.15) is 0 Å². The van der Waals surface area contributed by atoms with E-state index in [1.54, 1.807) is 25.2 Å². The van der Waals surface area contributed by atoms with Gasteiger partial charge in [-0.2, -0.15) is 0 Å². The lowest BCUT2D eigenvalue weighted by molar-refractivity contribution is -0.122. The monoisotopic (exact) mass is 363 g/mol. The predicted molar refractivity (Wildman–Crippen MR) is 86.0 cm³/mol. The third-order valence-corrected chi connectivity index (χ3v) is 2.91. The Bertz CT molecular complexity index is 495. The lowest BCUT2D eigenvalue weighted by Gasteiger charge is -2.18. The van der Waals surface area contributed by atoms with Crippen molar-refractivity contribution in [1.29, 1.82) is 0 Å². The van der Waals surface area contributed by atoms with E-state index >= 15 is 0 Å². The molecule has 1 aromatic carbocycles. The van der Waals surface area contributed by atoms with Crippen LogP contribution in [0.5, 0.6) is 0 Å². The zero-order valence-corrected chi connectivity index (χ0v) is 14.0. The van der Waals surface area contributed by atoms with E-state index in [0.29, 0.717) is 11.3 Å². The first-order chi connectivity index (χ1) is 8.81. The van der Waals surface area contributed by atoms with Gasteiger partial charge in [0.15, 0.2) is 0 Å². The molecule has 0 bridgehead atoms. The topological polar surface area (TPSA) is 75.4 Å². The van der Waals surface area contributed by atoms with Crippen LogP contribution in [0.25, 0.3) is 0 Å². The summed E-state index contributed by atoms with van der Waals surface area (Å²) < 4.78 is 0.807. The van der Waals surface area contributed by atoms with Crippen LogP contribution < -0.4 is 11.1 Å². The molecule has 0 aromatic heterocycles. The van der Waals surface area contributed by atoms with E-state index in [-0.39, 0.29) is 36.8 Å². The number of rotatable bonds is 4. The number of hydrogen-bond acceptors (Lipinski definition) is 3. The first-order valence-electron chi connectivity index (χ1n) is 5.91. The van der Waals surface area contributed by atoms with Crippen molar-refractivity contribution >= 4 is 45.8 Å². The van der Waals surface area contributed by atoms with E-state index in [1.807, 2.05) is 13.8 Å². The molecule has 0 atom stereocenters. The van der Waals surface area contributed by atoms with Crippen molar-refractivity contribution in [2.75, 3.05) is 19.3 Å². The maximum atomic E-state index is 12.1. The number of nitrogens with two attached hydrogens (primary N) is 1. The minimum Gasteiger partial charge on any atom is -0.398 e. The van der Waals surface area contributed by atoms with E-state index in [9.17, 15) is 9.59 Å². The highest BCUT2D eigenvalue weighted by molar-refractivity contribution is 9.10. The van der Waals surface area contributed by atoms with Crippen LogP contribution in [-0.4, -0.2) is 36.3 Å². The van der Waals surface area contributed by atoms with E-state index in [1.165, 1.54) is 4.90 Å². The number of carbonyl (C=O) groups excluding carboxylic acids is 2. The second-order valence-corrected chi connectivity index (χ2v) is 5.53. The summed E-state index contributed by atoms with van der Waals surface area (Å²) in [6.45, 7) is 3.74. The predicted octanol–water partition coefficient (Wildman–Crippen LogP) is 2.05. The smallest absolute Gasteiger partial charge is 0.256 e. The Balaban J connectivity index is 0.00000361. The minimum absolute atomic E-state index is 0. The number of amides is 2. The average Bonchev–Trinajstić information content (AvgIpc) is 2.26. The summed E-state index contributed by atoms with van der Waals surface area (Å²) in [5.41, 5.74) is 6.57. The molecule has 2 amide bonds. The van der Waals surface area contributed by atoms with Crippen LogP contribution in [0.2, 0.25) is 0 Å². The SMILES string of the molecule is CC(C)NC(=O)CN(C)C(=O)c1ccc(Br)cc1N.Cl. The highest BCUT2D eigenvalue weighted by Gasteiger charge is 2.17. The number of hydrogen-bond donors (Lipinski definition) is 2. The number of anilines is 1. The van der Waals surface area contributed by atoms with Gasteiger partial charge in [0.25, 0.3) is 5.91 Å². The molecule has 0 aliphatic heterocycles. The standard InChI is InChI=1S/C13H18BrN3O2.ClH/c1-8(2)16-12(18)7-17(3)13(19)10-5-4-9(14)6-11(10)15;/h4-6,8H,7,15H2,1-3H3,(H,16,18);1H. The molecule has 0 aliphatic rings. The van der Waals surface area contributed by atoms with Gasteiger partial charge >= 0.3 is 0 Å². The van der Waals surface area contributed by atoms with Gasteiger partial charge < -0.3 is 16.0 Å². The molecule has 7 heteroatoms. The molecule has 1 aromatic rings. The molecular formula is C13H19BrClN3O2. The Morgan fingerprint density at radius 1 is 1.40 bits per heavy atom. The molecule has 1 rings (SSSR count). The zero-order valence-electron chi connectivity index (χ0n) is 11.6. The Kier molecular flexibility index (Phi) is 7.60. The number of halogens is 2. The van der Waals surface area contributed by atoms with Crippen molar-refractivity contribution in [3.8, 4) is 0 Å². The lowest BCUT2D eigenvalue weighted by atomic mass is 10.1. The van der Waals surface area contributed by atoms with Crippen molar-refractivity contribution < 1.29 is 9.59 Å². The molecule has 5 nitrogen and oxygen atoms in total. The Morgan fingerprint density at radius 2 is 2.00 bits per heavy atom. The molecular weight excluding hydrogens is 346 g/mol. The van der Waals surface area contributed by atoms with E-state index in [0.717, 1.165) is 4.47 Å². The maximum absolute atomic E-state index is 12.1. The number of carbonyl (C=O) groups is 2. The van der Waals surface area contributed by atoms with Gasteiger partial charge in [-0.3, -0.25) is 9.59 Å². The molecule has 0 radical (unpaired) electrons. The molecule has 0 saturated heterocycles. The first kappa shape index (κ1) is 18.7. The molecule has 0 aliphatic carbocycles. The Morgan fingerprint density at radius 3 is 2.50 bits per heavy atom. The number of nitrogens with zero attached hydrogens (tertiary/aromatic N) is 1. The largest absolute Gasteiger partial charge is 0.398 e. The molecule has 0 spiro atoms. The van der Waals surface area contributed by atoms with Crippen molar-refractivity contribution in [3.63, 3.8) is 0 Å². The minimum atomic E-state index is -0.274. The van der Waals surface area contributed by atoms with E-state index < -0.39 is 0 Å². The van der Waals surface area contributed by atoms with Crippen LogP contribution in [-0.2, 0) is 4.79 Å². The van der Waals surface area contributed by atoms with Crippen LogP contribution >= 0.6 is 28.3 Å². The van der Waals surface area contributed by atoms with E-state index in [2.05, 4.69) is 21.2 Å². The third-order valence-electron chi connectivity index (χ3n) is 2.42. The lowest BCUT2D eigenvalue weighted by Crippen LogP contribution is -2.41. The second-order valence-electron chi connectivity index (χ2n) is 4.62. The van der Waals surface area contributed by atoms with Crippen LogP contribution in [0.4, 0.5) is 5.69 Å². The van der Waals surface area contributed by atoms with Crippen LogP contribution in [0.1, 0.15) is 24.2 Å². The number of likely N-dealkylation sites (N-methyl/N-ethyl adjacent to an activating group) is 1. The summed E-state index contributed by atoms with van der Waals surface area (Å²) in [6, 6.07) is 5.09. The molecule has 0 saturated carbocycles. The van der Waals surface area contributed by atoms with Gasteiger partial charge in [-0.1, -0.05) is 15.9 Å². The van der Waals surface area contributed by atoms with Crippen molar-refractivity contribution in [2.45, 2.75) is 19.9 Å². The average molecular weight is 365 g/mol. The summed E-state index contributed by atoms with van der Waals surface area (Å²) in [5, 5.41) is 2.73. The van der Waals surface area contributed by atoms with Crippen molar-refractivity contribution in [3.05, 3.63) is 28.2 Å². The van der Waals surface area contributed by atoms with Crippen molar-refractivity contribution in [1.82, 2.24) is 10.2 Å². The molecule has 112 valence electrons. The summed E-state index contributed by atoms with van der Waals surface area (Å²) in [7, 11) is 1.57. The second kappa shape index (κ2) is 8.11. The zero-order chi connectivity index (χ0) is 14.6. The number of nitrogens with one attached hydrogen (secondary N) is 1. The molecule has 3 N–H and O–H groups in total. The quantitative estimate of drug-likeness (QED) is 0.803. The summed E-state index contributed by atoms with van der Waals surface area (Å²) in [6.07, 6.45) is 0. The normalized spacial score (nSPS) is 9.85. The third kappa shape index (κ3) is 5.38. The fourth-order valence-corrected chi connectivity index (χ4v) is 1.97. The maximum Gasteiger partial charge on any atom is 0.256 e. The fraction of sp³-hybridized carbons (Fsp3) is 0.385. The number of benzene rings is 1. The van der Waals surface area contributed by atoms with Gasteiger partial charge in [-0.25, -0.2) is 0 Å². The van der Waals surface area contributed by atoms with Gasteiger partial charge in [0.2, 0.25) is 5.91 Å². The molecule has 0 unspecified atom stereocenters. The summed E-state index contributed by atoms with van der Waals surface area (Å²) in [5.74, 6) is -0.467. The van der Waals surface area contributed by atoms with E-state index in [4.69, 9.17) is 5.73 Å². The Hall–Kier alpha value is -1.27. The van der Waals surface area contributed by atoms with Gasteiger partial charge in [-0.15, -0.1) is 12.4 Å². The first-order valence-corrected chi connectivity index (χ1v) is 6.70.